The minimum absolute atomic E-state index is 0.120. The van der Waals surface area contributed by atoms with Gasteiger partial charge in [0.15, 0.2) is 6.61 Å². The molecule has 0 aliphatic carbocycles. The first-order chi connectivity index (χ1) is 11.0. The van der Waals surface area contributed by atoms with Crippen LogP contribution in [0.2, 0.25) is 0 Å². The van der Waals surface area contributed by atoms with Crippen molar-refractivity contribution in [1.82, 2.24) is 0 Å². The van der Waals surface area contributed by atoms with E-state index in [0.717, 1.165) is 0 Å². The van der Waals surface area contributed by atoms with Crippen molar-refractivity contribution in [1.29, 1.82) is 0 Å². The van der Waals surface area contributed by atoms with E-state index < -0.39 is 24.3 Å². The fourth-order valence-electron chi connectivity index (χ4n) is 1.83. The number of carbonyl (C=O) groups excluding carboxylic acids is 2. The predicted octanol–water partition coefficient (Wildman–Crippen LogP) is 2.42. The van der Waals surface area contributed by atoms with Crippen LogP contribution in [0.5, 0.6) is 0 Å². The third-order valence-corrected chi connectivity index (χ3v) is 3.16. The zero-order valence-electron chi connectivity index (χ0n) is 12.5. The lowest BCUT2D eigenvalue weighted by Gasteiger charge is -2.07. The number of hydrogen-bond donors (Lipinski definition) is 2. The first-order valence-electron chi connectivity index (χ1n) is 6.92. The van der Waals surface area contributed by atoms with Crippen molar-refractivity contribution in [3.63, 3.8) is 0 Å². The van der Waals surface area contributed by atoms with Crippen LogP contribution in [0, 0.1) is 12.7 Å². The highest BCUT2D eigenvalue weighted by Crippen LogP contribution is 2.13. The first kappa shape index (κ1) is 16.6. The van der Waals surface area contributed by atoms with Gasteiger partial charge in [-0.05, 0) is 42.3 Å². The maximum Gasteiger partial charge on any atom is 0.338 e. The Labute approximate surface area is 132 Å². The van der Waals surface area contributed by atoms with Crippen molar-refractivity contribution in [2.45, 2.75) is 13.5 Å². The summed E-state index contributed by atoms with van der Waals surface area (Å²) in [6.45, 7) is 1.02. The Morgan fingerprint density at radius 3 is 2.48 bits per heavy atom. The van der Waals surface area contributed by atoms with Crippen LogP contribution >= 0.6 is 0 Å². The van der Waals surface area contributed by atoms with E-state index in [1.165, 1.54) is 18.2 Å². The minimum atomic E-state index is -0.653. The summed E-state index contributed by atoms with van der Waals surface area (Å²) in [6, 6.07) is 10.5. The summed E-state index contributed by atoms with van der Waals surface area (Å²) in [4.78, 5) is 23.5. The average molecular weight is 317 g/mol. The Balaban J connectivity index is 1.87. The summed E-state index contributed by atoms with van der Waals surface area (Å²) >= 11 is 0. The quantitative estimate of drug-likeness (QED) is 0.831. The number of hydrogen-bond acceptors (Lipinski definition) is 4. The Bertz CT molecular complexity index is 713. The molecule has 120 valence electrons. The standard InChI is InChI=1S/C17H16FNO4/c1-11-2-7-14(8-15(11)18)19-16(21)10-23-17(22)13-5-3-12(9-20)4-6-13/h2-8,20H,9-10H2,1H3,(H,19,21). The third kappa shape index (κ3) is 4.62. The molecule has 2 rings (SSSR count). The Hall–Kier alpha value is -2.73. The van der Waals surface area contributed by atoms with Crippen molar-refractivity contribution in [2.24, 2.45) is 0 Å². The molecule has 0 aromatic heterocycles. The van der Waals surface area contributed by atoms with Gasteiger partial charge in [-0.2, -0.15) is 0 Å². The van der Waals surface area contributed by atoms with Crippen LogP contribution in [0.4, 0.5) is 10.1 Å². The van der Waals surface area contributed by atoms with Crippen LogP contribution in [0.15, 0.2) is 42.5 Å². The number of amides is 1. The molecule has 2 aromatic carbocycles. The largest absolute Gasteiger partial charge is 0.452 e. The molecule has 2 N–H and O–H groups in total. The van der Waals surface area contributed by atoms with Crippen molar-refractivity contribution >= 4 is 17.6 Å². The highest BCUT2D eigenvalue weighted by atomic mass is 19.1. The zero-order chi connectivity index (χ0) is 16.8. The average Bonchev–Trinajstić information content (AvgIpc) is 2.56. The number of halogens is 1. The Morgan fingerprint density at radius 2 is 1.87 bits per heavy atom. The van der Waals surface area contributed by atoms with E-state index in [1.54, 1.807) is 31.2 Å². The maximum atomic E-state index is 13.4. The van der Waals surface area contributed by atoms with Gasteiger partial charge in [0.05, 0.1) is 12.2 Å². The molecule has 1 amide bonds. The number of nitrogens with one attached hydrogen (secondary N) is 1. The molecule has 5 nitrogen and oxygen atoms in total. The molecule has 2 aromatic rings. The lowest BCUT2D eigenvalue weighted by atomic mass is 10.1. The molecule has 0 radical (unpaired) electrons. The van der Waals surface area contributed by atoms with Crippen molar-refractivity contribution in [3.8, 4) is 0 Å². The van der Waals surface area contributed by atoms with E-state index in [9.17, 15) is 14.0 Å². The fourth-order valence-corrected chi connectivity index (χ4v) is 1.83. The maximum absolute atomic E-state index is 13.4. The van der Waals surface area contributed by atoms with Gasteiger partial charge in [-0.3, -0.25) is 4.79 Å². The topological polar surface area (TPSA) is 75.6 Å². The molecule has 0 atom stereocenters. The lowest BCUT2D eigenvalue weighted by Crippen LogP contribution is -2.21. The van der Waals surface area contributed by atoms with Crippen LogP contribution in [-0.2, 0) is 16.1 Å². The number of carbonyl (C=O) groups is 2. The molecular formula is C17H16FNO4. The lowest BCUT2D eigenvalue weighted by molar-refractivity contribution is -0.119. The minimum Gasteiger partial charge on any atom is -0.452 e. The second-order valence-corrected chi connectivity index (χ2v) is 4.94. The van der Waals surface area contributed by atoms with E-state index in [1.807, 2.05) is 0 Å². The number of esters is 1. The van der Waals surface area contributed by atoms with Gasteiger partial charge in [0.1, 0.15) is 5.82 Å². The second-order valence-electron chi connectivity index (χ2n) is 4.94. The summed E-state index contributed by atoms with van der Waals surface area (Å²) in [5, 5.41) is 11.4. The number of aliphatic hydroxyl groups is 1. The van der Waals surface area contributed by atoms with Gasteiger partial charge in [-0.25, -0.2) is 9.18 Å². The number of anilines is 1. The van der Waals surface area contributed by atoms with Crippen molar-refractivity contribution in [3.05, 3.63) is 65.0 Å². The SMILES string of the molecule is Cc1ccc(NC(=O)COC(=O)c2ccc(CO)cc2)cc1F. The molecule has 0 spiro atoms. The molecule has 0 saturated heterocycles. The summed E-state index contributed by atoms with van der Waals surface area (Å²) < 4.78 is 18.3. The van der Waals surface area contributed by atoms with Gasteiger partial charge in [0.2, 0.25) is 0 Å². The third-order valence-electron chi connectivity index (χ3n) is 3.16. The van der Waals surface area contributed by atoms with Crippen molar-refractivity contribution < 1.29 is 23.8 Å². The molecule has 0 saturated carbocycles. The smallest absolute Gasteiger partial charge is 0.338 e. The number of aliphatic hydroxyl groups excluding tert-OH is 1. The summed E-state index contributed by atoms with van der Waals surface area (Å²) in [5.74, 6) is -1.64. The second kappa shape index (κ2) is 7.51. The molecule has 0 bridgehead atoms. The van der Waals surface area contributed by atoms with Crippen LogP contribution in [0.3, 0.4) is 0 Å². The predicted molar refractivity (Wildman–Crippen MR) is 82.4 cm³/mol. The summed E-state index contributed by atoms with van der Waals surface area (Å²) in [7, 11) is 0. The van der Waals surface area contributed by atoms with E-state index in [0.29, 0.717) is 16.8 Å². The summed E-state index contributed by atoms with van der Waals surface area (Å²) in [5.41, 5.74) is 1.71. The Morgan fingerprint density at radius 1 is 1.17 bits per heavy atom. The molecule has 0 heterocycles. The number of benzene rings is 2. The van der Waals surface area contributed by atoms with Gasteiger partial charge in [0, 0.05) is 5.69 Å². The molecule has 0 aliphatic rings. The van der Waals surface area contributed by atoms with E-state index in [2.05, 4.69) is 5.32 Å². The van der Waals surface area contributed by atoms with Crippen LogP contribution < -0.4 is 5.32 Å². The molecular weight excluding hydrogens is 301 g/mol. The van der Waals surface area contributed by atoms with Gasteiger partial charge in [-0.1, -0.05) is 18.2 Å². The molecule has 23 heavy (non-hydrogen) atoms. The van der Waals surface area contributed by atoms with E-state index >= 15 is 0 Å². The molecule has 0 fully saturated rings. The highest BCUT2D eigenvalue weighted by Gasteiger charge is 2.11. The van der Waals surface area contributed by atoms with E-state index in [4.69, 9.17) is 9.84 Å². The Kier molecular flexibility index (Phi) is 5.43. The highest BCUT2D eigenvalue weighted by molar-refractivity contribution is 5.95. The monoisotopic (exact) mass is 317 g/mol. The summed E-state index contributed by atoms with van der Waals surface area (Å²) in [6.07, 6.45) is 0. The van der Waals surface area contributed by atoms with Gasteiger partial charge in [-0.15, -0.1) is 0 Å². The van der Waals surface area contributed by atoms with E-state index in [-0.39, 0.29) is 12.2 Å². The normalized spacial score (nSPS) is 10.2. The fraction of sp³-hybridized carbons (Fsp3) is 0.176. The first-order valence-corrected chi connectivity index (χ1v) is 6.92. The number of ether oxygens (including phenoxy) is 1. The molecule has 6 heteroatoms. The van der Waals surface area contributed by atoms with Crippen LogP contribution in [0.25, 0.3) is 0 Å². The van der Waals surface area contributed by atoms with Crippen LogP contribution in [0.1, 0.15) is 21.5 Å². The zero-order valence-corrected chi connectivity index (χ0v) is 12.5. The van der Waals surface area contributed by atoms with Crippen molar-refractivity contribution in [2.75, 3.05) is 11.9 Å². The number of aryl methyl sites for hydroxylation is 1. The van der Waals surface area contributed by atoms with Crippen LogP contribution in [-0.4, -0.2) is 23.6 Å². The van der Waals surface area contributed by atoms with Gasteiger partial charge in [0.25, 0.3) is 5.91 Å². The van der Waals surface area contributed by atoms with Gasteiger partial charge < -0.3 is 15.2 Å². The molecule has 0 unspecified atom stereocenters. The van der Waals surface area contributed by atoms with Gasteiger partial charge >= 0.3 is 5.97 Å². The number of rotatable bonds is 5. The molecule has 0 aliphatic heterocycles.